The molecule has 0 aliphatic rings. The Bertz CT molecular complexity index is 297. The monoisotopic (exact) mass is 175 g/mol. The number of anilines is 1. The standard InChI is InChI=1S/C10H13N3/c1-3-6-13(2)10-5-4-9(7-11)8-12-10/h4-5,8H,3,6H2,1-2H3. The zero-order valence-electron chi connectivity index (χ0n) is 7.99. The van der Waals surface area contributed by atoms with Crippen molar-refractivity contribution in [3.63, 3.8) is 0 Å². The Labute approximate surface area is 78.6 Å². The maximum absolute atomic E-state index is 8.57. The molecular weight excluding hydrogens is 162 g/mol. The van der Waals surface area contributed by atoms with Gasteiger partial charge in [0.2, 0.25) is 0 Å². The van der Waals surface area contributed by atoms with Crippen LogP contribution in [0.2, 0.25) is 0 Å². The van der Waals surface area contributed by atoms with Crippen LogP contribution in [0.5, 0.6) is 0 Å². The fourth-order valence-corrected chi connectivity index (χ4v) is 1.13. The number of pyridine rings is 1. The Balaban J connectivity index is 2.75. The number of nitrogens with zero attached hydrogens (tertiary/aromatic N) is 3. The summed E-state index contributed by atoms with van der Waals surface area (Å²) in [6.45, 7) is 3.11. The van der Waals surface area contributed by atoms with E-state index in [0.29, 0.717) is 5.56 Å². The van der Waals surface area contributed by atoms with Crippen molar-refractivity contribution in [2.75, 3.05) is 18.5 Å². The van der Waals surface area contributed by atoms with Crippen LogP contribution < -0.4 is 4.90 Å². The number of hydrogen-bond donors (Lipinski definition) is 0. The summed E-state index contributed by atoms with van der Waals surface area (Å²) < 4.78 is 0. The van der Waals surface area contributed by atoms with E-state index in [-0.39, 0.29) is 0 Å². The molecule has 0 amide bonds. The normalized spacial score (nSPS) is 9.31. The molecule has 0 saturated heterocycles. The fraction of sp³-hybridized carbons (Fsp3) is 0.400. The van der Waals surface area contributed by atoms with Crippen molar-refractivity contribution in [3.05, 3.63) is 23.9 Å². The molecule has 1 aromatic heterocycles. The van der Waals surface area contributed by atoms with Crippen molar-refractivity contribution in [2.45, 2.75) is 13.3 Å². The highest BCUT2D eigenvalue weighted by Gasteiger charge is 1.99. The fourth-order valence-electron chi connectivity index (χ4n) is 1.13. The number of hydrogen-bond acceptors (Lipinski definition) is 3. The molecule has 13 heavy (non-hydrogen) atoms. The second-order valence-electron chi connectivity index (χ2n) is 2.94. The van der Waals surface area contributed by atoms with E-state index in [4.69, 9.17) is 5.26 Å². The Morgan fingerprint density at radius 1 is 1.54 bits per heavy atom. The Hall–Kier alpha value is -1.56. The molecule has 0 N–H and O–H groups in total. The van der Waals surface area contributed by atoms with Crippen LogP contribution in [-0.2, 0) is 0 Å². The molecule has 0 saturated carbocycles. The Morgan fingerprint density at radius 3 is 2.77 bits per heavy atom. The third-order valence-corrected chi connectivity index (χ3v) is 1.83. The smallest absolute Gasteiger partial charge is 0.128 e. The van der Waals surface area contributed by atoms with Crippen LogP contribution >= 0.6 is 0 Å². The minimum Gasteiger partial charge on any atom is -0.360 e. The van der Waals surface area contributed by atoms with E-state index in [1.54, 1.807) is 12.3 Å². The van der Waals surface area contributed by atoms with Crippen LogP contribution in [0.1, 0.15) is 18.9 Å². The van der Waals surface area contributed by atoms with Gasteiger partial charge in [0.25, 0.3) is 0 Å². The summed E-state index contributed by atoms with van der Waals surface area (Å²) >= 11 is 0. The maximum Gasteiger partial charge on any atom is 0.128 e. The van der Waals surface area contributed by atoms with Gasteiger partial charge in [-0.25, -0.2) is 4.98 Å². The summed E-state index contributed by atoms with van der Waals surface area (Å²) in [4.78, 5) is 6.24. The summed E-state index contributed by atoms with van der Waals surface area (Å²) in [5, 5.41) is 8.57. The topological polar surface area (TPSA) is 39.9 Å². The second-order valence-corrected chi connectivity index (χ2v) is 2.94. The van der Waals surface area contributed by atoms with Crippen molar-refractivity contribution in [2.24, 2.45) is 0 Å². The van der Waals surface area contributed by atoms with Gasteiger partial charge in [0.15, 0.2) is 0 Å². The molecule has 0 atom stereocenters. The molecule has 3 nitrogen and oxygen atoms in total. The first kappa shape index (κ1) is 9.53. The van der Waals surface area contributed by atoms with E-state index >= 15 is 0 Å². The number of rotatable bonds is 3. The lowest BCUT2D eigenvalue weighted by Gasteiger charge is -2.16. The van der Waals surface area contributed by atoms with Crippen LogP contribution in [0, 0.1) is 11.3 Å². The molecule has 0 aliphatic carbocycles. The molecule has 0 bridgehead atoms. The van der Waals surface area contributed by atoms with Crippen LogP contribution in [0.3, 0.4) is 0 Å². The molecule has 0 radical (unpaired) electrons. The second kappa shape index (κ2) is 4.46. The van der Waals surface area contributed by atoms with E-state index in [1.807, 2.05) is 19.2 Å². The molecule has 0 unspecified atom stereocenters. The summed E-state index contributed by atoms with van der Waals surface area (Å²) in [6, 6.07) is 5.70. The molecule has 1 rings (SSSR count). The highest BCUT2D eigenvalue weighted by molar-refractivity contribution is 5.40. The van der Waals surface area contributed by atoms with Gasteiger partial charge in [-0.1, -0.05) is 6.92 Å². The zero-order valence-corrected chi connectivity index (χ0v) is 7.99. The van der Waals surface area contributed by atoms with Crippen molar-refractivity contribution in [1.82, 2.24) is 4.98 Å². The van der Waals surface area contributed by atoms with Crippen molar-refractivity contribution >= 4 is 5.82 Å². The van der Waals surface area contributed by atoms with E-state index in [0.717, 1.165) is 18.8 Å². The van der Waals surface area contributed by atoms with E-state index < -0.39 is 0 Å². The van der Waals surface area contributed by atoms with Crippen LogP contribution in [0.25, 0.3) is 0 Å². The first-order valence-corrected chi connectivity index (χ1v) is 4.35. The average molecular weight is 175 g/mol. The van der Waals surface area contributed by atoms with E-state index in [9.17, 15) is 0 Å². The molecule has 68 valence electrons. The third-order valence-electron chi connectivity index (χ3n) is 1.83. The molecule has 1 aromatic rings. The van der Waals surface area contributed by atoms with Crippen molar-refractivity contribution < 1.29 is 0 Å². The molecule has 0 aliphatic heterocycles. The molecule has 0 fully saturated rings. The van der Waals surface area contributed by atoms with Crippen LogP contribution in [-0.4, -0.2) is 18.6 Å². The van der Waals surface area contributed by atoms with Crippen molar-refractivity contribution in [3.8, 4) is 6.07 Å². The summed E-state index contributed by atoms with van der Waals surface area (Å²) in [5.74, 6) is 0.917. The Kier molecular flexibility index (Phi) is 3.27. The first-order valence-electron chi connectivity index (χ1n) is 4.35. The van der Waals surface area contributed by atoms with Crippen LogP contribution in [0.4, 0.5) is 5.82 Å². The quantitative estimate of drug-likeness (QED) is 0.703. The molecule has 0 aromatic carbocycles. The van der Waals surface area contributed by atoms with Gasteiger partial charge in [0, 0.05) is 19.8 Å². The number of nitriles is 1. The zero-order chi connectivity index (χ0) is 9.68. The Morgan fingerprint density at radius 2 is 2.31 bits per heavy atom. The minimum atomic E-state index is 0.605. The van der Waals surface area contributed by atoms with E-state index in [2.05, 4.69) is 16.8 Å². The lowest BCUT2D eigenvalue weighted by Crippen LogP contribution is -2.18. The summed E-state index contributed by atoms with van der Waals surface area (Å²) in [6.07, 6.45) is 2.69. The highest BCUT2D eigenvalue weighted by Crippen LogP contribution is 2.08. The molecule has 1 heterocycles. The van der Waals surface area contributed by atoms with Gasteiger partial charge in [-0.05, 0) is 18.6 Å². The highest BCUT2D eigenvalue weighted by atomic mass is 15.2. The van der Waals surface area contributed by atoms with Gasteiger partial charge >= 0.3 is 0 Å². The van der Waals surface area contributed by atoms with Gasteiger partial charge in [-0.2, -0.15) is 5.26 Å². The van der Waals surface area contributed by atoms with Crippen LogP contribution in [0.15, 0.2) is 18.3 Å². The SMILES string of the molecule is CCCN(C)c1ccc(C#N)cn1. The summed E-state index contributed by atoms with van der Waals surface area (Å²) in [5.41, 5.74) is 0.605. The molecule has 3 heteroatoms. The van der Waals surface area contributed by atoms with Gasteiger partial charge < -0.3 is 4.90 Å². The summed E-state index contributed by atoms with van der Waals surface area (Å²) in [7, 11) is 2.00. The molecule has 0 spiro atoms. The van der Waals surface area contributed by atoms with Gasteiger partial charge in [-0.3, -0.25) is 0 Å². The first-order chi connectivity index (χ1) is 6.27. The number of aromatic nitrogens is 1. The van der Waals surface area contributed by atoms with Gasteiger partial charge in [-0.15, -0.1) is 0 Å². The molecular formula is C10H13N3. The maximum atomic E-state index is 8.57. The minimum absolute atomic E-state index is 0.605. The predicted octanol–water partition coefficient (Wildman–Crippen LogP) is 1.80. The van der Waals surface area contributed by atoms with E-state index in [1.165, 1.54) is 0 Å². The lowest BCUT2D eigenvalue weighted by atomic mass is 10.3. The van der Waals surface area contributed by atoms with Gasteiger partial charge in [0.05, 0.1) is 5.56 Å². The predicted molar refractivity (Wildman–Crippen MR) is 52.5 cm³/mol. The largest absolute Gasteiger partial charge is 0.360 e. The lowest BCUT2D eigenvalue weighted by molar-refractivity contribution is 0.837. The third kappa shape index (κ3) is 2.45. The average Bonchev–Trinajstić information content (AvgIpc) is 2.18. The van der Waals surface area contributed by atoms with Crippen molar-refractivity contribution in [1.29, 1.82) is 5.26 Å². The van der Waals surface area contributed by atoms with Gasteiger partial charge in [0.1, 0.15) is 11.9 Å².